The van der Waals surface area contributed by atoms with Crippen LogP contribution in [0.1, 0.15) is 31.9 Å². The van der Waals surface area contributed by atoms with Crippen molar-refractivity contribution >= 4 is 46.6 Å². The molecule has 0 aliphatic carbocycles. The fraction of sp³-hybridized carbons (Fsp3) is 0.250. The number of nitrogens with one attached hydrogen (secondary N) is 4. The summed E-state index contributed by atoms with van der Waals surface area (Å²) in [5.41, 5.74) is 9.42. The van der Waals surface area contributed by atoms with E-state index in [0.717, 1.165) is 16.8 Å². The van der Waals surface area contributed by atoms with E-state index in [1.165, 1.54) is 18.3 Å². The van der Waals surface area contributed by atoms with E-state index >= 15 is 0 Å². The monoisotopic (exact) mass is 630 g/mol. The van der Waals surface area contributed by atoms with E-state index in [2.05, 4.69) is 31.2 Å². The number of nitrogen functional groups attached to an aromatic ring is 1. The fourth-order valence-electron chi connectivity index (χ4n) is 3.88. The Hall–Kier alpha value is -5.92. The van der Waals surface area contributed by atoms with Crippen LogP contribution < -0.4 is 27.0 Å². The standard InChI is InChI=1S/C18H22N4O4.C14H16N4O2/c1-18(2,3)26-17(23)20-12-10-13-6-8-14(9-7-13)21-16-15(22(24)25)5-4-11-19-16;15-12-2-1-8-16-13(12)18-11-5-3-10(4-6-11)7-9-17-14(19)20/h4-9,11H,10,12H2,1-3H3,(H,19,21)(H,20,23);1-6,8,17H,7,9,15H2,(H,16,18)(H,19,20). The van der Waals surface area contributed by atoms with Crippen molar-refractivity contribution in [3.63, 3.8) is 0 Å². The Bertz CT molecular complexity index is 1590. The average molecular weight is 631 g/mol. The molecule has 7 N–H and O–H groups in total. The summed E-state index contributed by atoms with van der Waals surface area (Å²) in [5, 5.41) is 30.6. The van der Waals surface area contributed by atoms with Gasteiger partial charge in [0.1, 0.15) is 5.60 Å². The minimum Gasteiger partial charge on any atom is -0.465 e. The van der Waals surface area contributed by atoms with Crippen molar-refractivity contribution in [3.8, 4) is 0 Å². The number of rotatable bonds is 11. The maximum absolute atomic E-state index is 11.6. The van der Waals surface area contributed by atoms with E-state index in [0.29, 0.717) is 43.1 Å². The molecule has 4 aromatic rings. The molecule has 46 heavy (non-hydrogen) atoms. The number of nitrogens with zero attached hydrogens (tertiary/aromatic N) is 3. The molecule has 0 aliphatic rings. The molecule has 14 nitrogen and oxygen atoms in total. The van der Waals surface area contributed by atoms with Crippen LogP contribution in [0.2, 0.25) is 0 Å². The highest BCUT2D eigenvalue weighted by Gasteiger charge is 2.16. The Morgan fingerprint density at radius 2 is 1.33 bits per heavy atom. The molecule has 0 radical (unpaired) electrons. The number of hydrogen-bond donors (Lipinski definition) is 6. The largest absolute Gasteiger partial charge is 0.465 e. The first kappa shape index (κ1) is 34.6. The number of anilines is 5. The highest BCUT2D eigenvalue weighted by Crippen LogP contribution is 2.25. The van der Waals surface area contributed by atoms with Gasteiger partial charge in [-0.25, -0.2) is 19.6 Å². The van der Waals surface area contributed by atoms with Crippen molar-refractivity contribution in [1.82, 2.24) is 20.6 Å². The van der Waals surface area contributed by atoms with Crippen molar-refractivity contribution in [2.45, 2.75) is 39.2 Å². The van der Waals surface area contributed by atoms with Gasteiger partial charge in [-0.1, -0.05) is 24.3 Å². The third kappa shape index (κ3) is 12.4. The summed E-state index contributed by atoms with van der Waals surface area (Å²) in [5.74, 6) is 0.810. The van der Waals surface area contributed by atoms with Crippen molar-refractivity contribution in [3.05, 3.63) is 106 Å². The molecule has 2 aromatic carbocycles. The van der Waals surface area contributed by atoms with Gasteiger partial charge in [0.15, 0.2) is 5.82 Å². The Kier molecular flexibility index (Phi) is 12.6. The quantitative estimate of drug-likeness (QED) is 0.0834. The molecule has 0 fully saturated rings. The molecule has 2 aromatic heterocycles. The van der Waals surface area contributed by atoms with E-state index < -0.39 is 22.7 Å². The molecule has 0 saturated heterocycles. The van der Waals surface area contributed by atoms with Gasteiger partial charge in [-0.15, -0.1) is 0 Å². The second-order valence-corrected chi connectivity index (χ2v) is 10.9. The Balaban J connectivity index is 0.000000259. The van der Waals surface area contributed by atoms with Crippen molar-refractivity contribution < 1.29 is 24.4 Å². The van der Waals surface area contributed by atoms with Gasteiger partial charge in [0, 0.05) is 42.9 Å². The number of carboxylic acid groups (broad SMARTS) is 1. The van der Waals surface area contributed by atoms with Crippen LogP contribution in [-0.2, 0) is 17.6 Å². The lowest BCUT2D eigenvalue weighted by atomic mass is 10.1. The van der Waals surface area contributed by atoms with Crippen LogP contribution in [0.3, 0.4) is 0 Å². The van der Waals surface area contributed by atoms with Gasteiger partial charge in [-0.2, -0.15) is 0 Å². The second-order valence-electron chi connectivity index (χ2n) is 10.9. The van der Waals surface area contributed by atoms with E-state index in [1.807, 2.05) is 57.2 Å². The molecule has 2 heterocycles. The van der Waals surface area contributed by atoms with Crippen molar-refractivity contribution in [2.75, 3.05) is 29.5 Å². The smallest absolute Gasteiger partial charge is 0.407 e. The van der Waals surface area contributed by atoms with Gasteiger partial charge < -0.3 is 36.8 Å². The molecule has 0 spiro atoms. The molecular formula is C32H38N8O6. The number of hydrogen-bond acceptors (Lipinski definition) is 10. The van der Waals surface area contributed by atoms with Crippen LogP contribution in [0.25, 0.3) is 0 Å². The van der Waals surface area contributed by atoms with Gasteiger partial charge in [0.2, 0.25) is 5.82 Å². The first-order valence-electron chi connectivity index (χ1n) is 14.3. The minimum atomic E-state index is -1.01. The molecule has 14 heteroatoms. The minimum absolute atomic E-state index is 0.0851. The number of nitro groups is 1. The van der Waals surface area contributed by atoms with Gasteiger partial charge in [0.05, 0.1) is 10.6 Å². The predicted molar refractivity (Wildman–Crippen MR) is 177 cm³/mol. The summed E-state index contributed by atoms with van der Waals surface area (Å²) in [7, 11) is 0. The number of ether oxygens (including phenoxy) is 1. The lowest BCUT2D eigenvalue weighted by Crippen LogP contribution is -2.33. The average Bonchev–Trinajstić information content (AvgIpc) is 2.99. The summed E-state index contributed by atoms with van der Waals surface area (Å²) in [6.07, 6.45) is 3.00. The highest BCUT2D eigenvalue weighted by atomic mass is 16.6. The molecule has 4 rings (SSSR count). The number of carbonyl (C=O) groups excluding carboxylic acids is 1. The summed E-state index contributed by atoms with van der Waals surface area (Å²) >= 11 is 0. The number of alkyl carbamates (subject to hydrolysis) is 1. The Morgan fingerprint density at radius 3 is 1.83 bits per heavy atom. The molecule has 0 bridgehead atoms. The van der Waals surface area contributed by atoms with Crippen molar-refractivity contribution in [1.29, 1.82) is 0 Å². The molecule has 0 aliphatic heterocycles. The van der Waals surface area contributed by atoms with Gasteiger partial charge in [-0.05, 0) is 87.2 Å². The van der Waals surface area contributed by atoms with Crippen LogP contribution >= 0.6 is 0 Å². The maximum Gasteiger partial charge on any atom is 0.407 e. The van der Waals surface area contributed by atoms with Gasteiger partial charge in [-0.3, -0.25) is 10.1 Å². The topological polar surface area (TPSA) is 207 Å². The lowest BCUT2D eigenvalue weighted by Gasteiger charge is -2.19. The SMILES string of the molecule is CC(C)(C)OC(=O)NCCc1ccc(Nc2ncccc2[N+](=O)[O-])cc1.Nc1cccnc1Nc1ccc(CCNC(=O)O)cc1. The molecule has 0 atom stereocenters. The van der Waals surface area contributed by atoms with Crippen LogP contribution in [0.5, 0.6) is 0 Å². The number of benzene rings is 2. The van der Waals surface area contributed by atoms with Crippen LogP contribution in [0.15, 0.2) is 85.2 Å². The first-order valence-corrected chi connectivity index (χ1v) is 14.3. The fourth-order valence-corrected chi connectivity index (χ4v) is 3.88. The van der Waals surface area contributed by atoms with E-state index in [9.17, 15) is 19.7 Å². The molecule has 0 unspecified atom stereocenters. The summed E-state index contributed by atoms with van der Waals surface area (Å²) in [6, 6.07) is 21.5. The Labute approximate surface area is 266 Å². The number of carbonyl (C=O) groups is 2. The lowest BCUT2D eigenvalue weighted by molar-refractivity contribution is -0.384. The number of aromatic nitrogens is 2. The zero-order valence-corrected chi connectivity index (χ0v) is 25.8. The molecule has 242 valence electrons. The predicted octanol–water partition coefficient (Wildman–Crippen LogP) is 6.02. The summed E-state index contributed by atoms with van der Waals surface area (Å²) in [6.45, 7) is 6.28. The summed E-state index contributed by atoms with van der Waals surface area (Å²) < 4.78 is 5.17. The first-order chi connectivity index (χ1) is 21.9. The highest BCUT2D eigenvalue weighted by molar-refractivity contribution is 5.69. The summed E-state index contributed by atoms with van der Waals surface area (Å²) in [4.78, 5) is 40.6. The Morgan fingerprint density at radius 1 is 0.826 bits per heavy atom. The van der Waals surface area contributed by atoms with Crippen molar-refractivity contribution in [2.24, 2.45) is 0 Å². The zero-order chi connectivity index (χ0) is 33.5. The zero-order valence-electron chi connectivity index (χ0n) is 25.8. The number of amides is 2. The number of pyridine rings is 2. The molecule has 0 saturated carbocycles. The van der Waals surface area contributed by atoms with E-state index in [4.69, 9.17) is 15.6 Å². The number of nitrogens with two attached hydrogens (primary N) is 1. The second kappa shape index (κ2) is 16.8. The molecule has 2 amide bonds. The maximum atomic E-state index is 11.6. The van der Waals surface area contributed by atoms with Crippen LogP contribution in [0, 0.1) is 10.1 Å². The van der Waals surface area contributed by atoms with Crippen LogP contribution in [-0.4, -0.2) is 50.9 Å². The third-order valence-electron chi connectivity index (χ3n) is 6.03. The van der Waals surface area contributed by atoms with Gasteiger partial charge >= 0.3 is 17.9 Å². The van der Waals surface area contributed by atoms with Gasteiger partial charge in [0.25, 0.3) is 0 Å². The third-order valence-corrected chi connectivity index (χ3v) is 6.03. The normalized spacial score (nSPS) is 10.5. The molecular weight excluding hydrogens is 592 g/mol. The van der Waals surface area contributed by atoms with E-state index in [1.54, 1.807) is 30.5 Å². The van der Waals surface area contributed by atoms with E-state index in [-0.39, 0.29) is 11.5 Å². The van der Waals surface area contributed by atoms with Crippen LogP contribution in [0.4, 0.5) is 44.0 Å².